The molecule has 0 spiro atoms. The number of hydrogen-bond donors (Lipinski definition) is 1. The molecule has 3 aromatic rings. The third-order valence-electron chi connectivity index (χ3n) is 3.41. The second kappa shape index (κ2) is 5.11. The van der Waals surface area contributed by atoms with E-state index in [0.29, 0.717) is 0 Å². The lowest BCUT2D eigenvalue weighted by Crippen LogP contribution is -2.05. The Morgan fingerprint density at radius 1 is 0.842 bits per heavy atom. The molecule has 0 radical (unpaired) electrons. The van der Waals surface area contributed by atoms with Crippen molar-refractivity contribution < 1.29 is 0 Å². The summed E-state index contributed by atoms with van der Waals surface area (Å²) in [4.78, 5) is 7.69. The van der Waals surface area contributed by atoms with Gasteiger partial charge in [-0.3, -0.25) is 0 Å². The van der Waals surface area contributed by atoms with Crippen LogP contribution >= 0.6 is 0 Å². The summed E-state index contributed by atoms with van der Waals surface area (Å²) in [5, 5.41) is 0. The van der Waals surface area contributed by atoms with Crippen molar-refractivity contribution in [2.24, 2.45) is 0 Å². The molecule has 0 aliphatic heterocycles. The van der Waals surface area contributed by atoms with Crippen LogP contribution in [0.15, 0.2) is 67.0 Å². The molecule has 1 N–H and O–H groups in total. The first-order chi connectivity index (χ1) is 9.36. The predicted octanol–water partition coefficient (Wildman–Crippen LogP) is 3.90. The maximum atomic E-state index is 4.51. The number of aromatic nitrogens is 2. The van der Waals surface area contributed by atoms with Crippen molar-refractivity contribution in [3.63, 3.8) is 0 Å². The fourth-order valence-electron chi connectivity index (χ4n) is 2.46. The van der Waals surface area contributed by atoms with Gasteiger partial charge in [-0.25, -0.2) is 4.98 Å². The molecule has 0 saturated heterocycles. The Hall–Kier alpha value is -2.35. The zero-order chi connectivity index (χ0) is 13.1. The molecule has 0 aliphatic rings. The normalized spacial score (nSPS) is 10.8. The van der Waals surface area contributed by atoms with E-state index in [1.165, 1.54) is 11.1 Å². The SMILES string of the molecule is Cc1[nH]cnc1C(c1ccccc1)c1ccccc1. The number of aryl methyl sites for hydroxylation is 1. The highest BCUT2D eigenvalue weighted by molar-refractivity contribution is 5.41. The van der Waals surface area contributed by atoms with E-state index in [4.69, 9.17) is 0 Å². The summed E-state index contributed by atoms with van der Waals surface area (Å²) in [7, 11) is 0. The molecule has 19 heavy (non-hydrogen) atoms. The first kappa shape index (κ1) is 11.7. The van der Waals surface area contributed by atoms with Gasteiger partial charge in [-0.1, -0.05) is 60.7 Å². The zero-order valence-corrected chi connectivity index (χ0v) is 10.9. The quantitative estimate of drug-likeness (QED) is 0.748. The third-order valence-corrected chi connectivity index (χ3v) is 3.41. The van der Waals surface area contributed by atoms with Crippen molar-refractivity contribution in [3.05, 3.63) is 89.5 Å². The molecular weight excluding hydrogens is 232 g/mol. The van der Waals surface area contributed by atoms with Crippen molar-refractivity contribution in [2.45, 2.75) is 12.8 Å². The van der Waals surface area contributed by atoms with E-state index >= 15 is 0 Å². The molecule has 0 bridgehead atoms. The smallest absolute Gasteiger partial charge is 0.0925 e. The Balaban J connectivity index is 2.15. The van der Waals surface area contributed by atoms with Gasteiger partial charge in [0.15, 0.2) is 0 Å². The Labute approximate surface area is 113 Å². The van der Waals surface area contributed by atoms with Crippen LogP contribution in [0.5, 0.6) is 0 Å². The van der Waals surface area contributed by atoms with Crippen LogP contribution in [-0.4, -0.2) is 9.97 Å². The second-order valence-electron chi connectivity index (χ2n) is 4.67. The van der Waals surface area contributed by atoms with Crippen LogP contribution in [0.4, 0.5) is 0 Å². The number of aromatic amines is 1. The Morgan fingerprint density at radius 3 is 1.79 bits per heavy atom. The van der Waals surface area contributed by atoms with E-state index in [9.17, 15) is 0 Å². The number of rotatable bonds is 3. The monoisotopic (exact) mass is 248 g/mol. The maximum Gasteiger partial charge on any atom is 0.0925 e. The fourth-order valence-corrected chi connectivity index (χ4v) is 2.46. The molecule has 3 rings (SSSR count). The van der Waals surface area contributed by atoms with Gasteiger partial charge in [-0.05, 0) is 18.1 Å². The van der Waals surface area contributed by atoms with Gasteiger partial charge in [0.2, 0.25) is 0 Å². The summed E-state index contributed by atoms with van der Waals surface area (Å²) < 4.78 is 0. The average molecular weight is 248 g/mol. The Bertz CT molecular complexity index is 602. The Morgan fingerprint density at radius 2 is 1.37 bits per heavy atom. The van der Waals surface area contributed by atoms with Crippen LogP contribution in [0, 0.1) is 6.92 Å². The molecule has 2 nitrogen and oxygen atoms in total. The topological polar surface area (TPSA) is 28.7 Å². The van der Waals surface area contributed by atoms with Crippen molar-refractivity contribution in [1.29, 1.82) is 0 Å². The van der Waals surface area contributed by atoms with E-state index < -0.39 is 0 Å². The number of benzene rings is 2. The molecule has 0 aliphatic carbocycles. The van der Waals surface area contributed by atoms with Gasteiger partial charge in [0.25, 0.3) is 0 Å². The van der Waals surface area contributed by atoms with Crippen molar-refractivity contribution in [2.75, 3.05) is 0 Å². The third kappa shape index (κ3) is 2.29. The van der Waals surface area contributed by atoms with Crippen molar-refractivity contribution in [1.82, 2.24) is 9.97 Å². The molecule has 2 heteroatoms. The largest absolute Gasteiger partial charge is 0.348 e. The van der Waals surface area contributed by atoms with E-state index in [0.717, 1.165) is 11.4 Å². The summed E-state index contributed by atoms with van der Waals surface area (Å²) in [6.45, 7) is 2.07. The minimum absolute atomic E-state index is 0.189. The first-order valence-corrected chi connectivity index (χ1v) is 6.46. The lowest BCUT2D eigenvalue weighted by atomic mass is 9.88. The lowest BCUT2D eigenvalue weighted by molar-refractivity contribution is 0.919. The predicted molar refractivity (Wildman–Crippen MR) is 77.2 cm³/mol. The molecule has 0 amide bonds. The first-order valence-electron chi connectivity index (χ1n) is 6.46. The summed E-state index contributed by atoms with van der Waals surface area (Å²) in [6, 6.07) is 21.0. The minimum Gasteiger partial charge on any atom is -0.348 e. The lowest BCUT2D eigenvalue weighted by Gasteiger charge is -2.17. The van der Waals surface area contributed by atoms with E-state index in [-0.39, 0.29) is 5.92 Å². The minimum atomic E-state index is 0.189. The molecule has 0 saturated carbocycles. The van der Waals surface area contributed by atoms with Gasteiger partial charge in [0.05, 0.1) is 17.9 Å². The van der Waals surface area contributed by atoms with Crippen LogP contribution in [0.2, 0.25) is 0 Å². The van der Waals surface area contributed by atoms with Crippen LogP contribution in [0.25, 0.3) is 0 Å². The zero-order valence-electron chi connectivity index (χ0n) is 10.9. The number of imidazole rings is 1. The second-order valence-corrected chi connectivity index (χ2v) is 4.67. The number of H-pyrrole nitrogens is 1. The van der Waals surface area contributed by atoms with Crippen LogP contribution < -0.4 is 0 Å². The molecule has 94 valence electrons. The summed E-state index contributed by atoms with van der Waals surface area (Å²) in [5.41, 5.74) is 4.75. The maximum absolute atomic E-state index is 4.51. The standard InChI is InChI=1S/C17H16N2/c1-13-17(19-12-18-13)16(14-8-4-2-5-9-14)15-10-6-3-7-11-15/h2-12,16H,1H3,(H,18,19). The summed E-state index contributed by atoms with van der Waals surface area (Å²) in [5.74, 6) is 0.189. The molecule has 0 fully saturated rings. The van der Waals surface area contributed by atoms with Gasteiger partial charge in [-0.15, -0.1) is 0 Å². The molecule has 0 unspecified atom stereocenters. The Kier molecular flexibility index (Phi) is 3.15. The summed E-state index contributed by atoms with van der Waals surface area (Å²) in [6.07, 6.45) is 1.77. The average Bonchev–Trinajstić information content (AvgIpc) is 2.88. The molecule has 2 aromatic carbocycles. The van der Waals surface area contributed by atoms with Gasteiger partial charge in [0, 0.05) is 5.69 Å². The highest BCUT2D eigenvalue weighted by Crippen LogP contribution is 2.31. The van der Waals surface area contributed by atoms with Gasteiger partial charge >= 0.3 is 0 Å². The fraction of sp³-hybridized carbons (Fsp3) is 0.118. The van der Waals surface area contributed by atoms with E-state index in [2.05, 4.69) is 65.4 Å². The van der Waals surface area contributed by atoms with Crippen LogP contribution in [-0.2, 0) is 0 Å². The highest BCUT2D eigenvalue weighted by atomic mass is 14.9. The van der Waals surface area contributed by atoms with E-state index in [1.54, 1.807) is 6.33 Å². The van der Waals surface area contributed by atoms with Gasteiger partial charge in [-0.2, -0.15) is 0 Å². The summed E-state index contributed by atoms with van der Waals surface area (Å²) >= 11 is 0. The van der Waals surface area contributed by atoms with Gasteiger partial charge < -0.3 is 4.98 Å². The van der Waals surface area contributed by atoms with Crippen LogP contribution in [0.1, 0.15) is 28.4 Å². The van der Waals surface area contributed by atoms with Crippen molar-refractivity contribution >= 4 is 0 Å². The number of nitrogens with one attached hydrogen (secondary N) is 1. The highest BCUT2D eigenvalue weighted by Gasteiger charge is 2.20. The molecule has 1 heterocycles. The van der Waals surface area contributed by atoms with Crippen LogP contribution in [0.3, 0.4) is 0 Å². The van der Waals surface area contributed by atoms with Crippen molar-refractivity contribution in [3.8, 4) is 0 Å². The van der Waals surface area contributed by atoms with Gasteiger partial charge in [0.1, 0.15) is 0 Å². The molecule has 0 atom stereocenters. The molecule has 1 aromatic heterocycles. The molecular formula is C17H16N2. The number of hydrogen-bond acceptors (Lipinski definition) is 1. The van der Waals surface area contributed by atoms with E-state index in [1.807, 2.05) is 12.1 Å². The number of nitrogens with zero attached hydrogens (tertiary/aromatic N) is 1.